The van der Waals surface area contributed by atoms with E-state index < -0.39 is 0 Å². The lowest BCUT2D eigenvalue weighted by Crippen LogP contribution is -2.34. The quantitative estimate of drug-likeness (QED) is 0.886. The molecular formula is C16H26N2O. The first kappa shape index (κ1) is 13.2. The van der Waals surface area contributed by atoms with E-state index in [0.29, 0.717) is 6.61 Å². The van der Waals surface area contributed by atoms with Crippen LogP contribution < -0.4 is 0 Å². The van der Waals surface area contributed by atoms with Gasteiger partial charge in [-0.15, -0.1) is 0 Å². The highest BCUT2D eigenvalue weighted by molar-refractivity contribution is 5.15. The summed E-state index contributed by atoms with van der Waals surface area (Å²) in [7, 11) is 0. The number of hydrogen-bond acceptors (Lipinski definition) is 2. The van der Waals surface area contributed by atoms with E-state index in [-0.39, 0.29) is 5.41 Å². The Morgan fingerprint density at radius 3 is 2.79 bits per heavy atom. The Labute approximate surface area is 116 Å². The van der Waals surface area contributed by atoms with Crippen LogP contribution in [0.2, 0.25) is 0 Å². The van der Waals surface area contributed by atoms with E-state index in [0.717, 1.165) is 31.2 Å². The van der Waals surface area contributed by atoms with Gasteiger partial charge < -0.3 is 5.11 Å². The summed E-state index contributed by atoms with van der Waals surface area (Å²) in [6.07, 6.45) is 7.31. The Morgan fingerprint density at radius 1 is 1.42 bits per heavy atom. The summed E-state index contributed by atoms with van der Waals surface area (Å²) in [4.78, 5) is 0. The van der Waals surface area contributed by atoms with Crippen molar-refractivity contribution < 1.29 is 5.11 Å². The number of nitrogens with zero attached hydrogens (tertiary/aromatic N) is 2. The van der Waals surface area contributed by atoms with Gasteiger partial charge in [-0.2, -0.15) is 5.10 Å². The highest BCUT2D eigenvalue weighted by Gasteiger charge is 2.50. The number of rotatable bonds is 5. The zero-order chi connectivity index (χ0) is 13.5. The predicted molar refractivity (Wildman–Crippen MR) is 75.9 cm³/mol. The maximum absolute atomic E-state index is 10.00. The van der Waals surface area contributed by atoms with Crippen molar-refractivity contribution in [2.45, 2.75) is 58.9 Å². The first-order valence-corrected chi connectivity index (χ1v) is 7.87. The van der Waals surface area contributed by atoms with E-state index in [1.807, 2.05) is 0 Å². The molecule has 106 valence electrons. The molecule has 3 unspecified atom stereocenters. The van der Waals surface area contributed by atoms with Gasteiger partial charge in [0.2, 0.25) is 0 Å². The summed E-state index contributed by atoms with van der Waals surface area (Å²) in [5.41, 5.74) is 2.68. The lowest BCUT2D eigenvalue weighted by Gasteiger charge is -2.36. The molecule has 2 aliphatic rings. The van der Waals surface area contributed by atoms with Gasteiger partial charge in [0.25, 0.3) is 0 Å². The van der Waals surface area contributed by atoms with E-state index in [4.69, 9.17) is 0 Å². The first-order valence-electron chi connectivity index (χ1n) is 7.87. The van der Waals surface area contributed by atoms with E-state index in [1.54, 1.807) is 0 Å². The van der Waals surface area contributed by atoms with Crippen molar-refractivity contribution >= 4 is 0 Å². The molecule has 1 aromatic heterocycles. The second-order valence-corrected chi connectivity index (χ2v) is 6.57. The van der Waals surface area contributed by atoms with Crippen LogP contribution in [0.15, 0.2) is 6.07 Å². The van der Waals surface area contributed by atoms with Crippen LogP contribution in [0.3, 0.4) is 0 Å². The van der Waals surface area contributed by atoms with Gasteiger partial charge in [-0.25, -0.2) is 0 Å². The van der Waals surface area contributed by atoms with Crippen LogP contribution in [0.4, 0.5) is 0 Å². The van der Waals surface area contributed by atoms with Crippen molar-refractivity contribution in [3.05, 3.63) is 17.5 Å². The summed E-state index contributed by atoms with van der Waals surface area (Å²) in [6, 6.07) is 2.26. The summed E-state index contributed by atoms with van der Waals surface area (Å²) in [5, 5.41) is 14.6. The molecule has 2 aliphatic carbocycles. The van der Waals surface area contributed by atoms with Crippen LogP contribution in [0, 0.1) is 17.3 Å². The molecule has 0 amide bonds. The van der Waals surface area contributed by atoms with Gasteiger partial charge in [0, 0.05) is 24.3 Å². The Balaban J connectivity index is 1.85. The minimum Gasteiger partial charge on any atom is -0.396 e. The Kier molecular flexibility index (Phi) is 3.42. The fourth-order valence-corrected chi connectivity index (χ4v) is 4.49. The summed E-state index contributed by atoms with van der Waals surface area (Å²) >= 11 is 0. The van der Waals surface area contributed by atoms with Crippen molar-refractivity contribution in [2.24, 2.45) is 17.3 Å². The standard InChI is InChI=1S/C16H26N2O/c1-3-14-8-15(18(4-2)17-14)10-16(11-19)9-12-5-6-13(16)7-12/h8,12-13,19H,3-7,9-11H2,1-2H3. The SMILES string of the molecule is CCc1cc(CC2(CO)CC3CCC2C3)n(CC)n1. The van der Waals surface area contributed by atoms with Gasteiger partial charge in [-0.1, -0.05) is 13.3 Å². The second kappa shape index (κ2) is 4.93. The topological polar surface area (TPSA) is 38.0 Å². The summed E-state index contributed by atoms with van der Waals surface area (Å²) in [5.74, 6) is 1.62. The normalized spacial score (nSPS) is 33.2. The number of aromatic nitrogens is 2. The monoisotopic (exact) mass is 262 g/mol. The van der Waals surface area contributed by atoms with Gasteiger partial charge in [-0.3, -0.25) is 4.68 Å². The van der Waals surface area contributed by atoms with Crippen molar-refractivity contribution in [1.29, 1.82) is 0 Å². The Hall–Kier alpha value is -0.830. The maximum Gasteiger partial charge on any atom is 0.0624 e. The Bertz CT molecular complexity index is 454. The zero-order valence-corrected chi connectivity index (χ0v) is 12.2. The van der Waals surface area contributed by atoms with Crippen molar-refractivity contribution in [3.8, 4) is 0 Å². The molecule has 0 saturated heterocycles. The molecule has 3 atom stereocenters. The van der Waals surface area contributed by atoms with Gasteiger partial charge in [0.15, 0.2) is 0 Å². The summed E-state index contributed by atoms with van der Waals surface area (Å²) in [6.45, 7) is 5.60. The lowest BCUT2D eigenvalue weighted by molar-refractivity contribution is 0.0631. The van der Waals surface area contributed by atoms with Crippen LogP contribution in [-0.2, 0) is 19.4 Å². The second-order valence-electron chi connectivity index (χ2n) is 6.57. The molecule has 3 nitrogen and oxygen atoms in total. The van der Waals surface area contributed by atoms with Crippen molar-refractivity contribution in [2.75, 3.05) is 6.61 Å². The molecule has 0 radical (unpaired) electrons. The van der Waals surface area contributed by atoms with E-state index in [9.17, 15) is 5.11 Å². The molecule has 2 saturated carbocycles. The van der Waals surface area contributed by atoms with Crippen LogP contribution in [0.25, 0.3) is 0 Å². The highest BCUT2D eigenvalue weighted by atomic mass is 16.3. The van der Waals surface area contributed by atoms with Crippen LogP contribution >= 0.6 is 0 Å². The van der Waals surface area contributed by atoms with Crippen LogP contribution in [0.1, 0.15) is 50.9 Å². The third kappa shape index (κ3) is 2.12. The molecule has 2 fully saturated rings. The van der Waals surface area contributed by atoms with Gasteiger partial charge in [-0.05, 0) is 56.9 Å². The molecule has 0 spiro atoms. The van der Waals surface area contributed by atoms with Crippen molar-refractivity contribution in [1.82, 2.24) is 9.78 Å². The van der Waals surface area contributed by atoms with E-state index >= 15 is 0 Å². The third-order valence-electron chi connectivity index (χ3n) is 5.53. The lowest BCUT2D eigenvalue weighted by atomic mass is 9.70. The number of hydrogen-bond donors (Lipinski definition) is 1. The molecule has 0 aromatic carbocycles. The molecule has 2 bridgehead atoms. The molecule has 3 rings (SSSR count). The molecule has 0 aliphatic heterocycles. The number of aliphatic hydroxyl groups is 1. The van der Waals surface area contributed by atoms with Gasteiger partial charge in [0.1, 0.15) is 0 Å². The first-order chi connectivity index (χ1) is 9.20. The number of aryl methyl sites for hydroxylation is 2. The molecule has 1 heterocycles. The van der Waals surface area contributed by atoms with Gasteiger partial charge >= 0.3 is 0 Å². The molecule has 1 aromatic rings. The number of fused-ring (bicyclic) bond motifs is 2. The smallest absolute Gasteiger partial charge is 0.0624 e. The third-order valence-corrected chi connectivity index (χ3v) is 5.53. The van der Waals surface area contributed by atoms with Crippen molar-refractivity contribution in [3.63, 3.8) is 0 Å². The molecular weight excluding hydrogens is 236 g/mol. The average molecular weight is 262 g/mol. The van der Waals surface area contributed by atoms with Crippen LogP contribution in [0.5, 0.6) is 0 Å². The molecule has 19 heavy (non-hydrogen) atoms. The maximum atomic E-state index is 10.00. The van der Waals surface area contributed by atoms with Gasteiger partial charge in [0.05, 0.1) is 5.69 Å². The Morgan fingerprint density at radius 2 is 2.26 bits per heavy atom. The predicted octanol–water partition coefficient (Wildman–Crippen LogP) is 2.81. The zero-order valence-electron chi connectivity index (χ0n) is 12.2. The van der Waals surface area contributed by atoms with Crippen LogP contribution in [-0.4, -0.2) is 21.5 Å². The van der Waals surface area contributed by atoms with E-state index in [2.05, 4.69) is 29.7 Å². The minimum atomic E-state index is 0.154. The highest BCUT2D eigenvalue weighted by Crippen LogP contribution is 2.57. The fraction of sp³-hybridized carbons (Fsp3) is 0.812. The average Bonchev–Trinajstić information content (AvgIpc) is 3.12. The minimum absolute atomic E-state index is 0.154. The number of aliphatic hydroxyl groups excluding tert-OH is 1. The molecule has 1 N–H and O–H groups in total. The largest absolute Gasteiger partial charge is 0.396 e. The fourth-order valence-electron chi connectivity index (χ4n) is 4.49. The molecule has 3 heteroatoms. The summed E-state index contributed by atoms with van der Waals surface area (Å²) < 4.78 is 2.14. The van der Waals surface area contributed by atoms with E-state index in [1.165, 1.54) is 37.1 Å².